The van der Waals surface area contributed by atoms with Gasteiger partial charge in [0, 0.05) is 31.2 Å². The highest BCUT2D eigenvalue weighted by atomic mass is 15.3. The Bertz CT molecular complexity index is 427. The molecule has 3 unspecified atom stereocenters. The van der Waals surface area contributed by atoms with Gasteiger partial charge in [0.25, 0.3) is 0 Å². The molecule has 3 atom stereocenters. The van der Waals surface area contributed by atoms with Gasteiger partial charge in [-0.15, -0.1) is 0 Å². The molecule has 1 N–H and O–H groups in total. The van der Waals surface area contributed by atoms with Crippen LogP contribution in [0.4, 0.5) is 0 Å². The van der Waals surface area contributed by atoms with Crippen LogP contribution >= 0.6 is 0 Å². The molecule has 112 valence electrons. The molecule has 0 radical (unpaired) electrons. The van der Waals surface area contributed by atoms with Gasteiger partial charge < -0.3 is 5.32 Å². The maximum Gasteiger partial charge on any atom is 0.0326 e. The minimum Gasteiger partial charge on any atom is -0.311 e. The Morgan fingerprint density at radius 2 is 1.95 bits per heavy atom. The van der Waals surface area contributed by atoms with Gasteiger partial charge in [0.1, 0.15) is 0 Å². The van der Waals surface area contributed by atoms with E-state index in [0.29, 0.717) is 24.0 Å². The minimum absolute atomic E-state index is 0.504. The molecule has 1 aliphatic rings. The molecule has 0 aliphatic carbocycles. The zero-order chi connectivity index (χ0) is 14.7. The largest absolute Gasteiger partial charge is 0.311 e. The zero-order valence-electron chi connectivity index (χ0n) is 13.7. The monoisotopic (exact) mass is 274 g/mol. The van der Waals surface area contributed by atoms with Gasteiger partial charge in [-0.05, 0) is 37.3 Å². The number of piperazine rings is 1. The summed E-state index contributed by atoms with van der Waals surface area (Å²) in [5.74, 6) is 0.694. The average Bonchev–Trinajstić information content (AvgIpc) is 2.46. The van der Waals surface area contributed by atoms with E-state index in [1.54, 1.807) is 0 Å². The van der Waals surface area contributed by atoms with Crippen molar-refractivity contribution in [3.8, 4) is 0 Å². The van der Waals surface area contributed by atoms with Gasteiger partial charge in [-0.25, -0.2) is 0 Å². The lowest BCUT2D eigenvalue weighted by molar-refractivity contribution is 0.0734. The average molecular weight is 274 g/mol. The van der Waals surface area contributed by atoms with E-state index in [-0.39, 0.29) is 0 Å². The van der Waals surface area contributed by atoms with Crippen LogP contribution in [0.5, 0.6) is 0 Å². The number of nitrogens with zero attached hydrogens (tertiary/aromatic N) is 1. The van der Waals surface area contributed by atoms with Crippen LogP contribution < -0.4 is 5.32 Å². The Morgan fingerprint density at radius 1 is 1.25 bits per heavy atom. The Morgan fingerprint density at radius 3 is 2.55 bits per heavy atom. The van der Waals surface area contributed by atoms with Gasteiger partial charge >= 0.3 is 0 Å². The molecule has 1 aromatic carbocycles. The second-order valence-corrected chi connectivity index (χ2v) is 6.55. The van der Waals surface area contributed by atoms with Gasteiger partial charge in [0.05, 0.1) is 0 Å². The van der Waals surface area contributed by atoms with Crippen molar-refractivity contribution < 1.29 is 0 Å². The molecule has 1 fully saturated rings. The van der Waals surface area contributed by atoms with Gasteiger partial charge in [-0.2, -0.15) is 0 Å². The van der Waals surface area contributed by atoms with Crippen molar-refractivity contribution in [3.63, 3.8) is 0 Å². The van der Waals surface area contributed by atoms with E-state index in [2.05, 4.69) is 69.1 Å². The normalized spacial score (nSPS) is 25.9. The number of hydrogen-bond donors (Lipinski definition) is 1. The molecule has 20 heavy (non-hydrogen) atoms. The highest BCUT2D eigenvalue weighted by molar-refractivity contribution is 5.28. The van der Waals surface area contributed by atoms with Crippen LogP contribution in [0.1, 0.15) is 51.3 Å². The molecule has 1 saturated heterocycles. The van der Waals surface area contributed by atoms with Crippen LogP contribution in [0.25, 0.3) is 0 Å². The number of aryl methyl sites for hydroxylation is 1. The third-order valence-electron chi connectivity index (χ3n) is 4.90. The quantitative estimate of drug-likeness (QED) is 0.899. The van der Waals surface area contributed by atoms with Crippen molar-refractivity contribution in [1.82, 2.24) is 10.2 Å². The minimum atomic E-state index is 0.504. The summed E-state index contributed by atoms with van der Waals surface area (Å²) in [6.45, 7) is 13.8. The van der Waals surface area contributed by atoms with E-state index >= 15 is 0 Å². The fourth-order valence-electron chi connectivity index (χ4n) is 3.38. The molecule has 0 spiro atoms. The van der Waals surface area contributed by atoms with Gasteiger partial charge in [0.2, 0.25) is 0 Å². The smallest absolute Gasteiger partial charge is 0.0326 e. The second-order valence-electron chi connectivity index (χ2n) is 6.55. The van der Waals surface area contributed by atoms with Crippen molar-refractivity contribution >= 4 is 0 Å². The number of benzene rings is 1. The van der Waals surface area contributed by atoms with Gasteiger partial charge in [-0.3, -0.25) is 4.90 Å². The SMILES string of the molecule is CCC1CNC(C(C)C)CN1C(C)c1ccccc1C. The van der Waals surface area contributed by atoms with E-state index in [9.17, 15) is 0 Å². The zero-order valence-corrected chi connectivity index (χ0v) is 13.7. The van der Waals surface area contributed by atoms with Crippen molar-refractivity contribution in [1.29, 1.82) is 0 Å². The molecular formula is C18H30N2. The first-order chi connectivity index (χ1) is 9.54. The third-order valence-corrected chi connectivity index (χ3v) is 4.90. The first kappa shape index (κ1) is 15.5. The number of rotatable bonds is 4. The van der Waals surface area contributed by atoms with Crippen LogP contribution in [0.2, 0.25) is 0 Å². The molecule has 1 aromatic rings. The molecule has 0 bridgehead atoms. The van der Waals surface area contributed by atoms with E-state index < -0.39 is 0 Å². The molecule has 2 heteroatoms. The van der Waals surface area contributed by atoms with Crippen LogP contribution in [0, 0.1) is 12.8 Å². The molecular weight excluding hydrogens is 244 g/mol. The van der Waals surface area contributed by atoms with Crippen molar-refractivity contribution in [3.05, 3.63) is 35.4 Å². The standard InChI is InChI=1S/C18H30N2/c1-6-16-11-19-18(13(2)3)12-20(16)15(5)17-10-8-7-9-14(17)4/h7-10,13,15-16,18-19H,6,11-12H2,1-5H3. The summed E-state index contributed by atoms with van der Waals surface area (Å²) in [4.78, 5) is 2.71. The van der Waals surface area contributed by atoms with Crippen LogP contribution in [0.3, 0.4) is 0 Å². The lowest BCUT2D eigenvalue weighted by Gasteiger charge is -2.45. The molecule has 0 amide bonds. The van der Waals surface area contributed by atoms with Crippen molar-refractivity contribution in [2.75, 3.05) is 13.1 Å². The predicted molar refractivity (Wildman–Crippen MR) is 87.0 cm³/mol. The third kappa shape index (κ3) is 3.24. The maximum absolute atomic E-state index is 3.73. The van der Waals surface area contributed by atoms with Crippen molar-refractivity contribution in [2.24, 2.45) is 5.92 Å². The van der Waals surface area contributed by atoms with Crippen LogP contribution in [-0.2, 0) is 0 Å². The second kappa shape index (κ2) is 6.73. The van der Waals surface area contributed by atoms with E-state index in [0.717, 1.165) is 13.1 Å². The fraction of sp³-hybridized carbons (Fsp3) is 0.667. The van der Waals surface area contributed by atoms with Gasteiger partial charge in [-0.1, -0.05) is 45.0 Å². The summed E-state index contributed by atoms with van der Waals surface area (Å²) in [7, 11) is 0. The lowest BCUT2D eigenvalue weighted by atomic mass is 9.94. The van der Waals surface area contributed by atoms with E-state index in [4.69, 9.17) is 0 Å². The fourth-order valence-corrected chi connectivity index (χ4v) is 3.38. The molecule has 0 aromatic heterocycles. The molecule has 2 rings (SSSR count). The maximum atomic E-state index is 3.73. The van der Waals surface area contributed by atoms with Gasteiger partial charge in [0.15, 0.2) is 0 Å². The first-order valence-electron chi connectivity index (χ1n) is 8.09. The highest BCUT2D eigenvalue weighted by Gasteiger charge is 2.32. The molecule has 0 saturated carbocycles. The van der Waals surface area contributed by atoms with Crippen LogP contribution in [0.15, 0.2) is 24.3 Å². The Hall–Kier alpha value is -0.860. The number of nitrogens with one attached hydrogen (secondary N) is 1. The first-order valence-corrected chi connectivity index (χ1v) is 8.09. The highest BCUT2D eigenvalue weighted by Crippen LogP contribution is 2.28. The Kier molecular flexibility index (Phi) is 5.22. The summed E-state index contributed by atoms with van der Waals surface area (Å²) in [6.07, 6.45) is 1.22. The predicted octanol–water partition coefficient (Wildman–Crippen LogP) is 3.76. The van der Waals surface area contributed by atoms with Crippen molar-refractivity contribution in [2.45, 2.75) is 59.2 Å². The van der Waals surface area contributed by atoms with Crippen LogP contribution in [-0.4, -0.2) is 30.1 Å². The Balaban J connectivity index is 2.20. The molecule has 2 nitrogen and oxygen atoms in total. The molecule has 1 heterocycles. The van der Waals surface area contributed by atoms with E-state index in [1.807, 2.05) is 0 Å². The number of hydrogen-bond acceptors (Lipinski definition) is 2. The molecule has 1 aliphatic heterocycles. The van der Waals surface area contributed by atoms with E-state index in [1.165, 1.54) is 17.5 Å². The topological polar surface area (TPSA) is 15.3 Å². The summed E-state index contributed by atoms with van der Waals surface area (Å²) >= 11 is 0. The lowest BCUT2D eigenvalue weighted by Crippen LogP contribution is -2.58. The summed E-state index contributed by atoms with van der Waals surface area (Å²) in [5, 5.41) is 3.73. The summed E-state index contributed by atoms with van der Waals surface area (Å²) in [5.41, 5.74) is 2.89. The Labute approximate surface area is 124 Å². The summed E-state index contributed by atoms with van der Waals surface area (Å²) in [6, 6.07) is 10.6. The summed E-state index contributed by atoms with van der Waals surface area (Å²) < 4.78 is 0.